The number of methoxy groups -OCH3 is 1. The molecule has 0 fully saturated rings. The maximum Gasteiger partial charge on any atom is 0.356 e. The van der Waals surface area contributed by atoms with Gasteiger partial charge in [0.1, 0.15) is 11.4 Å². The standard InChI is InChI=1S/C21H21ClN2O4/c1-4-28-18-11-7-15(8-12-18)14(2)23-24-19(21(26)27-3)13-20(25)16-5-9-17(22)10-6-16/h5-13,24H,4H2,1-3H3/b19-13-,23-14-. The van der Waals surface area contributed by atoms with Crippen molar-refractivity contribution in [1.82, 2.24) is 5.43 Å². The van der Waals surface area contributed by atoms with Crippen molar-refractivity contribution in [1.29, 1.82) is 0 Å². The molecule has 146 valence electrons. The molecular formula is C21H21ClN2O4. The number of hydrogen-bond acceptors (Lipinski definition) is 6. The van der Waals surface area contributed by atoms with Crippen molar-refractivity contribution < 1.29 is 19.1 Å². The number of rotatable bonds is 8. The quantitative estimate of drug-likeness (QED) is 0.238. The minimum atomic E-state index is -0.703. The Hall–Kier alpha value is -3.12. The zero-order chi connectivity index (χ0) is 20.5. The second-order valence-electron chi connectivity index (χ2n) is 5.69. The van der Waals surface area contributed by atoms with Crippen LogP contribution in [0.3, 0.4) is 0 Å². The van der Waals surface area contributed by atoms with Gasteiger partial charge in [-0.2, -0.15) is 5.10 Å². The molecule has 0 saturated carbocycles. The molecule has 0 radical (unpaired) electrons. The molecule has 2 rings (SSSR count). The molecule has 0 spiro atoms. The van der Waals surface area contributed by atoms with Crippen molar-refractivity contribution in [2.45, 2.75) is 13.8 Å². The lowest BCUT2D eigenvalue weighted by atomic mass is 10.1. The van der Waals surface area contributed by atoms with Gasteiger partial charge in [-0.1, -0.05) is 11.6 Å². The fourth-order valence-electron chi connectivity index (χ4n) is 2.24. The van der Waals surface area contributed by atoms with E-state index in [1.165, 1.54) is 7.11 Å². The van der Waals surface area contributed by atoms with Crippen LogP contribution in [0.5, 0.6) is 5.75 Å². The van der Waals surface area contributed by atoms with E-state index in [-0.39, 0.29) is 11.5 Å². The fraction of sp³-hybridized carbons (Fsp3) is 0.190. The number of nitrogens with zero attached hydrogens (tertiary/aromatic N) is 1. The van der Waals surface area contributed by atoms with Gasteiger partial charge in [-0.05, 0) is 67.9 Å². The first-order valence-corrected chi connectivity index (χ1v) is 8.95. The Labute approximate surface area is 168 Å². The largest absolute Gasteiger partial charge is 0.494 e. The Morgan fingerprint density at radius 2 is 1.68 bits per heavy atom. The predicted octanol–water partition coefficient (Wildman–Crippen LogP) is 3.99. The molecule has 2 aromatic carbocycles. The second kappa shape index (κ2) is 10.3. The smallest absolute Gasteiger partial charge is 0.356 e. The molecule has 6 nitrogen and oxygen atoms in total. The normalized spacial score (nSPS) is 11.7. The Kier molecular flexibility index (Phi) is 7.77. The van der Waals surface area contributed by atoms with E-state index in [0.29, 0.717) is 22.9 Å². The SMILES string of the molecule is CCOc1ccc(/C(C)=N\N/C(=C\C(=O)c2ccc(Cl)cc2)C(=O)OC)cc1. The number of hydrazone groups is 1. The van der Waals surface area contributed by atoms with Crippen molar-refractivity contribution in [3.05, 3.63) is 76.5 Å². The van der Waals surface area contributed by atoms with Gasteiger partial charge >= 0.3 is 5.97 Å². The van der Waals surface area contributed by atoms with E-state index < -0.39 is 5.97 Å². The summed E-state index contributed by atoms with van der Waals surface area (Å²) in [6.07, 6.45) is 1.14. The van der Waals surface area contributed by atoms with Gasteiger partial charge in [0, 0.05) is 16.7 Å². The van der Waals surface area contributed by atoms with Crippen LogP contribution in [0.1, 0.15) is 29.8 Å². The van der Waals surface area contributed by atoms with Gasteiger partial charge in [0.2, 0.25) is 0 Å². The highest BCUT2D eigenvalue weighted by Gasteiger charge is 2.13. The molecule has 0 saturated heterocycles. The summed E-state index contributed by atoms with van der Waals surface area (Å²) in [7, 11) is 1.23. The molecule has 0 heterocycles. The van der Waals surface area contributed by atoms with E-state index in [4.69, 9.17) is 21.1 Å². The number of benzene rings is 2. The van der Waals surface area contributed by atoms with Crippen LogP contribution in [0.15, 0.2) is 65.4 Å². The molecule has 0 unspecified atom stereocenters. The van der Waals surface area contributed by atoms with Crippen molar-refractivity contribution in [3.8, 4) is 5.75 Å². The van der Waals surface area contributed by atoms with Crippen LogP contribution < -0.4 is 10.2 Å². The van der Waals surface area contributed by atoms with Gasteiger partial charge in [-0.25, -0.2) is 4.79 Å². The number of ketones is 1. The third kappa shape index (κ3) is 5.96. The second-order valence-corrected chi connectivity index (χ2v) is 6.12. The Bertz CT molecular complexity index is 888. The molecule has 0 amide bonds. The number of hydrogen-bond donors (Lipinski definition) is 1. The molecular weight excluding hydrogens is 380 g/mol. The summed E-state index contributed by atoms with van der Waals surface area (Å²) >= 11 is 5.83. The number of halogens is 1. The van der Waals surface area contributed by atoms with E-state index in [2.05, 4.69) is 10.5 Å². The Morgan fingerprint density at radius 3 is 2.25 bits per heavy atom. The predicted molar refractivity (Wildman–Crippen MR) is 109 cm³/mol. The summed E-state index contributed by atoms with van der Waals surface area (Å²) in [5.74, 6) is -0.320. The molecule has 0 aliphatic carbocycles. The van der Waals surface area contributed by atoms with Crippen molar-refractivity contribution in [2.24, 2.45) is 5.10 Å². The molecule has 0 aliphatic rings. The summed E-state index contributed by atoms with van der Waals surface area (Å²) in [6, 6.07) is 13.7. The molecule has 1 N–H and O–H groups in total. The first-order chi connectivity index (χ1) is 13.4. The average molecular weight is 401 g/mol. The highest BCUT2D eigenvalue weighted by molar-refractivity contribution is 6.30. The number of esters is 1. The number of nitrogens with one attached hydrogen (secondary N) is 1. The topological polar surface area (TPSA) is 77.0 Å². The molecule has 7 heteroatoms. The number of carbonyl (C=O) groups excluding carboxylic acids is 2. The molecule has 0 atom stereocenters. The molecule has 0 aliphatic heterocycles. The first kappa shape index (κ1) is 21.2. The highest BCUT2D eigenvalue weighted by atomic mass is 35.5. The number of carbonyl (C=O) groups is 2. The van der Waals surface area contributed by atoms with Gasteiger partial charge < -0.3 is 9.47 Å². The first-order valence-electron chi connectivity index (χ1n) is 8.58. The van der Waals surface area contributed by atoms with Crippen LogP contribution >= 0.6 is 11.6 Å². The lowest BCUT2D eigenvalue weighted by Gasteiger charge is -2.08. The summed E-state index contributed by atoms with van der Waals surface area (Å²) in [4.78, 5) is 24.4. The van der Waals surface area contributed by atoms with Crippen LogP contribution in [-0.2, 0) is 9.53 Å². The zero-order valence-corrected chi connectivity index (χ0v) is 16.6. The lowest BCUT2D eigenvalue weighted by Crippen LogP contribution is -2.20. The summed E-state index contributed by atoms with van der Waals surface area (Å²) in [5, 5.41) is 4.70. The average Bonchev–Trinajstić information content (AvgIpc) is 2.71. The number of ether oxygens (including phenoxy) is 2. The Morgan fingerprint density at radius 1 is 1.07 bits per heavy atom. The molecule has 28 heavy (non-hydrogen) atoms. The van der Waals surface area contributed by atoms with Crippen LogP contribution in [0.2, 0.25) is 5.02 Å². The van der Waals surface area contributed by atoms with E-state index in [1.54, 1.807) is 31.2 Å². The van der Waals surface area contributed by atoms with E-state index in [1.807, 2.05) is 31.2 Å². The van der Waals surface area contributed by atoms with Gasteiger partial charge in [0.05, 0.1) is 19.4 Å². The van der Waals surface area contributed by atoms with Gasteiger partial charge in [0.15, 0.2) is 5.78 Å². The monoisotopic (exact) mass is 400 g/mol. The third-order valence-electron chi connectivity index (χ3n) is 3.74. The zero-order valence-electron chi connectivity index (χ0n) is 15.9. The van der Waals surface area contributed by atoms with Crippen LogP contribution in [0.4, 0.5) is 0 Å². The summed E-state index contributed by atoms with van der Waals surface area (Å²) in [6.45, 7) is 4.28. The minimum Gasteiger partial charge on any atom is -0.494 e. The maximum absolute atomic E-state index is 12.4. The van der Waals surface area contributed by atoms with Gasteiger partial charge in [-0.15, -0.1) is 0 Å². The van der Waals surface area contributed by atoms with Crippen LogP contribution in [0, 0.1) is 0 Å². The molecule has 2 aromatic rings. The maximum atomic E-state index is 12.4. The van der Waals surface area contributed by atoms with Gasteiger partial charge in [0.25, 0.3) is 0 Å². The van der Waals surface area contributed by atoms with Crippen LogP contribution in [-0.4, -0.2) is 31.2 Å². The van der Waals surface area contributed by atoms with Gasteiger partial charge in [-0.3, -0.25) is 10.2 Å². The lowest BCUT2D eigenvalue weighted by molar-refractivity contribution is -0.136. The van der Waals surface area contributed by atoms with Crippen molar-refractivity contribution in [2.75, 3.05) is 13.7 Å². The van der Waals surface area contributed by atoms with E-state index >= 15 is 0 Å². The third-order valence-corrected chi connectivity index (χ3v) is 3.99. The summed E-state index contributed by atoms with van der Waals surface area (Å²) < 4.78 is 10.1. The van der Waals surface area contributed by atoms with E-state index in [0.717, 1.165) is 17.4 Å². The van der Waals surface area contributed by atoms with Crippen molar-refractivity contribution in [3.63, 3.8) is 0 Å². The minimum absolute atomic E-state index is 0.0762. The van der Waals surface area contributed by atoms with Crippen molar-refractivity contribution >= 4 is 29.1 Å². The molecule has 0 aromatic heterocycles. The highest BCUT2D eigenvalue weighted by Crippen LogP contribution is 2.13. The van der Waals surface area contributed by atoms with E-state index in [9.17, 15) is 9.59 Å². The molecule has 0 bridgehead atoms. The number of allylic oxidation sites excluding steroid dienone is 1. The Balaban J connectivity index is 2.19. The summed E-state index contributed by atoms with van der Waals surface area (Å²) in [5.41, 5.74) is 4.39. The van der Waals surface area contributed by atoms with Crippen LogP contribution in [0.25, 0.3) is 0 Å². The fourth-order valence-corrected chi connectivity index (χ4v) is 2.37.